The third-order valence-corrected chi connectivity index (χ3v) is 5.42. The van der Waals surface area contributed by atoms with E-state index in [0.717, 1.165) is 33.3 Å². The van der Waals surface area contributed by atoms with Crippen LogP contribution in [0.25, 0.3) is 11.3 Å². The van der Waals surface area contributed by atoms with Crippen LogP contribution in [0.2, 0.25) is 5.02 Å². The predicted octanol–water partition coefficient (Wildman–Crippen LogP) is 6.50. The Bertz CT molecular complexity index is 1180. The van der Waals surface area contributed by atoms with Crippen LogP contribution >= 0.6 is 22.9 Å². The van der Waals surface area contributed by atoms with Gasteiger partial charge in [0.25, 0.3) is 0 Å². The Morgan fingerprint density at radius 3 is 2.74 bits per heavy atom. The summed E-state index contributed by atoms with van der Waals surface area (Å²) >= 11 is 7.53. The van der Waals surface area contributed by atoms with Crippen LogP contribution in [0.3, 0.4) is 0 Å². The third kappa shape index (κ3) is 5.63. The zero-order valence-electron chi connectivity index (χ0n) is 16.8. The van der Waals surface area contributed by atoms with Crippen molar-refractivity contribution in [2.45, 2.75) is 6.61 Å². The lowest BCUT2D eigenvalue weighted by Gasteiger charge is -2.11. The average molecular weight is 450 g/mol. The van der Waals surface area contributed by atoms with Gasteiger partial charge in [0.1, 0.15) is 18.1 Å². The second-order valence-corrected chi connectivity index (χ2v) is 7.89. The van der Waals surface area contributed by atoms with Gasteiger partial charge in [-0.25, -0.2) is 4.98 Å². The molecule has 0 aliphatic heterocycles. The molecule has 156 valence electrons. The maximum Gasteiger partial charge on any atom is 0.203 e. The highest BCUT2D eigenvalue weighted by molar-refractivity contribution is 7.14. The van der Waals surface area contributed by atoms with Crippen LogP contribution in [-0.2, 0) is 6.61 Å². The molecule has 0 atom stereocenters. The Hall–Kier alpha value is -3.35. The van der Waals surface area contributed by atoms with Gasteiger partial charge in [-0.15, -0.1) is 11.3 Å². The normalized spacial score (nSPS) is 10.9. The Labute approximate surface area is 190 Å². The number of hydrogen-bond donors (Lipinski definition) is 1. The number of nitrogens with zero attached hydrogens (tertiary/aromatic N) is 2. The molecule has 0 saturated carbocycles. The van der Waals surface area contributed by atoms with Gasteiger partial charge in [0.05, 0.1) is 19.0 Å². The quantitative estimate of drug-likeness (QED) is 0.246. The third-order valence-electron chi connectivity index (χ3n) is 4.44. The van der Waals surface area contributed by atoms with E-state index in [-0.39, 0.29) is 0 Å². The lowest BCUT2D eigenvalue weighted by atomic mass is 10.1. The number of methoxy groups -OCH3 is 1. The molecule has 31 heavy (non-hydrogen) atoms. The highest BCUT2D eigenvalue weighted by Gasteiger charge is 2.06. The zero-order chi connectivity index (χ0) is 21.5. The fraction of sp³-hybridized carbons (Fsp3) is 0.0833. The highest BCUT2D eigenvalue weighted by Crippen LogP contribution is 2.25. The fourth-order valence-corrected chi connectivity index (χ4v) is 3.79. The van der Waals surface area contributed by atoms with Gasteiger partial charge in [-0.2, -0.15) is 5.10 Å². The van der Waals surface area contributed by atoms with Gasteiger partial charge in [-0.1, -0.05) is 48.0 Å². The summed E-state index contributed by atoms with van der Waals surface area (Å²) in [5, 5.41) is 7.69. The van der Waals surface area contributed by atoms with E-state index in [2.05, 4.69) is 15.5 Å². The van der Waals surface area contributed by atoms with E-state index < -0.39 is 0 Å². The minimum atomic E-state index is 0.353. The largest absolute Gasteiger partial charge is 0.496 e. The minimum Gasteiger partial charge on any atom is -0.496 e. The van der Waals surface area contributed by atoms with Crippen LogP contribution in [0.5, 0.6) is 11.5 Å². The molecule has 0 fully saturated rings. The lowest BCUT2D eigenvalue weighted by molar-refractivity contribution is 0.296. The summed E-state index contributed by atoms with van der Waals surface area (Å²) in [7, 11) is 1.64. The van der Waals surface area contributed by atoms with Gasteiger partial charge in [0.2, 0.25) is 5.13 Å². The smallest absolute Gasteiger partial charge is 0.203 e. The molecule has 1 aromatic heterocycles. The van der Waals surface area contributed by atoms with Crippen LogP contribution in [0.15, 0.2) is 83.3 Å². The van der Waals surface area contributed by atoms with Crippen molar-refractivity contribution in [1.82, 2.24) is 4.98 Å². The molecule has 4 aromatic rings. The number of anilines is 1. The number of halogens is 1. The van der Waals surface area contributed by atoms with E-state index in [9.17, 15) is 0 Å². The van der Waals surface area contributed by atoms with Gasteiger partial charge in [-0.3, -0.25) is 5.43 Å². The Kier molecular flexibility index (Phi) is 6.82. The molecule has 0 aliphatic rings. The monoisotopic (exact) mass is 449 g/mol. The highest BCUT2D eigenvalue weighted by atomic mass is 35.5. The SMILES string of the molecule is COc1ccc(C=NNc2nc(-c3ccccc3)cs2)cc1COc1cccc(Cl)c1. The molecule has 0 radical (unpaired) electrons. The van der Waals surface area contributed by atoms with Crippen molar-refractivity contribution in [3.63, 3.8) is 0 Å². The first kappa shape index (κ1) is 20.9. The molecule has 3 aromatic carbocycles. The molecule has 0 spiro atoms. The fourth-order valence-electron chi connectivity index (χ4n) is 2.94. The van der Waals surface area contributed by atoms with Gasteiger partial charge in [0, 0.05) is 21.5 Å². The van der Waals surface area contributed by atoms with Crippen LogP contribution in [-0.4, -0.2) is 18.3 Å². The molecule has 0 amide bonds. The number of ether oxygens (including phenoxy) is 2. The van der Waals surface area contributed by atoms with Crippen molar-refractivity contribution in [2.24, 2.45) is 5.10 Å². The molecule has 0 saturated heterocycles. The summed E-state index contributed by atoms with van der Waals surface area (Å²) in [6.45, 7) is 0.353. The number of hydrazone groups is 1. The van der Waals surface area contributed by atoms with E-state index in [1.165, 1.54) is 11.3 Å². The molecular formula is C24H20ClN3O2S. The summed E-state index contributed by atoms with van der Waals surface area (Å²) in [5.41, 5.74) is 6.82. The van der Waals surface area contributed by atoms with Crippen LogP contribution in [0, 0.1) is 0 Å². The van der Waals surface area contributed by atoms with Crippen molar-refractivity contribution in [2.75, 3.05) is 12.5 Å². The number of nitrogens with one attached hydrogen (secondary N) is 1. The van der Waals surface area contributed by atoms with E-state index in [0.29, 0.717) is 17.4 Å². The molecular weight excluding hydrogens is 430 g/mol. The molecule has 4 rings (SSSR count). The maximum absolute atomic E-state index is 6.02. The van der Waals surface area contributed by atoms with E-state index in [1.54, 1.807) is 19.4 Å². The first-order chi connectivity index (χ1) is 15.2. The Morgan fingerprint density at radius 1 is 1.06 bits per heavy atom. The van der Waals surface area contributed by atoms with E-state index >= 15 is 0 Å². The lowest BCUT2D eigenvalue weighted by Crippen LogP contribution is -2.00. The molecule has 0 bridgehead atoms. The maximum atomic E-state index is 6.02. The molecule has 0 aliphatic carbocycles. The Balaban J connectivity index is 1.42. The molecule has 7 heteroatoms. The first-order valence-corrected chi connectivity index (χ1v) is 10.8. The second-order valence-electron chi connectivity index (χ2n) is 6.59. The van der Waals surface area contributed by atoms with Crippen molar-refractivity contribution in [3.05, 3.63) is 94.3 Å². The van der Waals surface area contributed by atoms with E-state index in [4.69, 9.17) is 21.1 Å². The minimum absolute atomic E-state index is 0.353. The van der Waals surface area contributed by atoms with Crippen molar-refractivity contribution in [1.29, 1.82) is 0 Å². The number of aromatic nitrogens is 1. The van der Waals surface area contributed by atoms with Crippen LogP contribution < -0.4 is 14.9 Å². The summed E-state index contributed by atoms with van der Waals surface area (Å²) in [4.78, 5) is 4.57. The zero-order valence-corrected chi connectivity index (χ0v) is 18.4. The summed E-state index contributed by atoms with van der Waals surface area (Å²) < 4.78 is 11.3. The molecule has 1 N–H and O–H groups in total. The van der Waals surface area contributed by atoms with Gasteiger partial charge in [-0.05, 0) is 42.0 Å². The standard InChI is InChI=1S/C24H20ClN3O2S/c1-29-23-11-10-17(12-19(23)15-30-21-9-5-8-20(25)13-21)14-26-28-24-27-22(16-31-24)18-6-3-2-4-7-18/h2-14,16H,15H2,1H3,(H,27,28). The summed E-state index contributed by atoms with van der Waals surface area (Å²) in [5.74, 6) is 1.45. The Morgan fingerprint density at radius 2 is 1.94 bits per heavy atom. The van der Waals surface area contributed by atoms with Crippen molar-refractivity contribution in [3.8, 4) is 22.8 Å². The molecule has 5 nitrogen and oxygen atoms in total. The summed E-state index contributed by atoms with van der Waals surface area (Å²) in [6.07, 6.45) is 1.74. The first-order valence-electron chi connectivity index (χ1n) is 9.56. The topological polar surface area (TPSA) is 55.7 Å². The van der Waals surface area contributed by atoms with Gasteiger partial charge < -0.3 is 9.47 Å². The van der Waals surface area contributed by atoms with Crippen LogP contribution in [0.4, 0.5) is 5.13 Å². The number of hydrogen-bond acceptors (Lipinski definition) is 6. The summed E-state index contributed by atoms with van der Waals surface area (Å²) in [6, 6.07) is 23.2. The number of thiazole rings is 1. The number of rotatable bonds is 8. The van der Waals surface area contributed by atoms with Gasteiger partial charge >= 0.3 is 0 Å². The second kappa shape index (κ2) is 10.1. The van der Waals surface area contributed by atoms with Gasteiger partial charge in [0.15, 0.2) is 0 Å². The van der Waals surface area contributed by atoms with Crippen LogP contribution in [0.1, 0.15) is 11.1 Å². The van der Waals surface area contributed by atoms with E-state index in [1.807, 2.05) is 72.1 Å². The number of benzene rings is 3. The average Bonchev–Trinajstić information content (AvgIpc) is 3.27. The molecule has 0 unspecified atom stereocenters. The van der Waals surface area contributed by atoms with Crippen molar-refractivity contribution >= 4 is 34.3 Å². The molecule has 1 heterocycles. The van der Waals surface area contributed by atoms with Crippen molar-refractivity contribution < 1.29 is 9.47 Å². The predicted molar refractivity (Wildman–Crippen MR) is 128 cm³/mol.